The molecule has 0 bridgehead atoms. The molecule has 1 heterocycles. The molecule has 0 radical (unpaired) electrons. The second kappa shape index (κ2) is 7.97. The topological polar surface area (TPSA) is 103 Å². The number of aromatic nitrogens is 3. The van der Waals surface area contributed by atoms with Crippen LogP contribution in [-0.4, -0.2) is 25.6 Å². The molecule has 8 nitrogen and oxygen atoms in total. The van der Waals surface area contributed by atoms with Crippen molar-refractivity contribution in [2.75, 3.05) is 5.32 Å². The molecule has 0 atom stereocenters. The Bertz CT molecular complexity index is 995. The van der Waals surface area contributed by atoms with E-state index in [0.29, 0.717) is 17.1 Å². The molecule has 0 aliphatic heterocycles. The summed E-state index contributed by atoms with van der Waals surface area (Å²) in [5, 5.41) is 17.8. The van der Waals surface area contributed by atoms with Gasteiger partial charge < -0.3 is 5.32 Å². The van der Waals surface area contributed by atoms with E-state index in [1.54, 1.807) is 12.1 Å². The molecule has 1 aromatic heterocycles. The SMILES string of the molecule is Cc1cc(Br)c(NC(=O)Cn2cnc(-c3ccc([N+](=O)[O-])cc3)n2)c(Br)c1. The monoisotopic (exact) mass is 493 g/mol. The number of anilines is 1. The zero-order valence-corrected chi connectivity index (χ0v) is 17.2. The van der Waals surface area contributed by atoms with Gasteiger partial charge in [-0.1, -0.05) is 0 Å². The fourth-order valence-corrected chi connectivity index (χ4v) is 3.99. The minimum absolute atomic E-state index is 0.00758. The maximum atomic E-state index is 12.3. The summed E-state index contributed by atoms with van der Waals surface area (Å²) in [6.07, 6.45) is 1.44. The van der Waals surface area contributed by atoms with Crippen molar-refractivity contribution < 1.29 is 9.72 Å². The van der Waals surface area contributed by atoms with Gasteiger partial charge >= 0.3 is 0 Å². The van der Waals surface area contributed by atoms with Crippen molar-refractivity contribution >= 4 is 49.1 Å². The fraction of sp³-hybridized carbons (Fsp3) is 0.118. The van der Waals surface area contributed by atoms with E-state index in [0.717, 1.165) is 14.5 Å². The summed E-state index contributed by atoms with van der Waals surface area (Å²) >= 11 is 6.87. The number of non-ortho nitro benzene ring substituents is 1. The molecule has 10 heteroatoms. The van der Waals surface area contributed by atoms with E-state index in [4.69, 9.17) is 0 Å². The highest BCUT2D eigenvalue weighted by atomic mass is 79.9. The highest BCUT2D eigenvalue weighted by Crippen LogP contribution is 2.32. The van der Waals surface area contributed by atoms with E-state index >= 15 is 0 Å². The average Bonchev–Trinajstić information content (AvgIpc) is 3.06. The van der Waals surface area contributed by atoms with Crippen LogP contribution in [-0.2, 0) is 11.3 Å². The summed E-state index contributed by atoms with van der Waals surface area (Å²) in [6.45, 7) is 1.93. The van der Waals surface area contributed by atoms with Crippen LogP contribution in [0.3, 0.4) is 0 Å². The summed E-state index contributed by atoms with van der Waals surface area (Å²) < 4.78 is 2.95. The van der Waals surface area contributed by atoms with E-state index in [1.807, 2.05) is 19.1 Å². The van der Waals surface area contributed by atoms with E-state index in [-0.39, 0.29) is 18.1 Å². The first-order valence-corrected chi connectivity index (χ1v) is 9.32. The summed E-state index contributed by atoms with van der Waals surface area (Å²) in [6, 6.07) is 9.71. The Hall–Kier alpha value is -2.59. The van der Waals surface area contributed by atoms with Gasteiger partial charge in [0.2, 0.25) is 5.91 Å². The minimum atomic E-state index is -0.471. The number of nitrogens with zero attached hydrogens (tertiary/aromatic N) is 4. The number of hydrogen-bond acceptors (Lipinski definition) is 5. The number of carbonyl (C=O) groups excluding carboxylic acids is 1. The number of nitro groups is 1. The van der Waals surface area contributed by atoms with Crippen molar-refractivity contribution in [3.05, 3.63) is 67.3 Å². The number of nitrogens with one attached hydrogen (secondary N) is 1. The Morgan fingerprint density at radius 1 is 1.22 bits per heavy atom. The van der Waals surface area contributed by atoms with E-state index in [1.165, 1.54) is 23.1 Å². The maximum absolute atomic E-state index is 12.3. The van der Waals surface area contributed by atoms with Crippen LogP contribution in [0.15, 0.2) is 51.7 Å². The van der Waals surface area contributed by atoms with Crippen molar-refractivity contribution in [1.29, 1.82) is 0 Å². The number of nitro benzene ring substituents is 1. The van der Waals surface area contributed by atoms with Crippen molar-refractivity contribution in [3.63, 3.8) is 0 Å². The van der Waals surface area contributed by atoms with Gasteiger partial charge in [-0.25, -0.2) is 9.67 Å². The first-order valence-electron chi connectivity index (χ1n) is 7.73. The second-order valence-corrected chi connectivity index (χ2v) is 7.43. The van der Waals surface area contributed by atoms with Gasteiger partial charge in [-0.05, 0) is 68.6 Å². The van der Waals surface area contributed by atoms with Crippen LogP contribution >= 0.6 is 31.9 Å². The van der Waals surface area contributed by atoms with Crippen LogP contribution in [0.25, 0.3) is 11.4 Å². The maximum Gasteiger partial charge on any atom is 0.269 e. The summed E-state index contributed by atoms with van der Waals surface area (Å²) in [5.41, 5.74) is 2.31. The predicted molar refractivity (Wildman–Crippen MR) is 107 cm³/mol. The molecule has 0 aliphatic carbocycles. The molecule has 0 unspecified atom stereocenters. The molecule has 3 aromatic rings. The van der Waals surface area contributed by atoms with Crippen LogP contribution in [0.2, 0.25) is 0 Å². The summed E-state index contributed by atoms with van der Waals surface area (Å²) in [5.74, 6) is 0.121. The number of hydrogen-bond donors (Lipinski definition) is 1. The number of benzene rings is 2. The lowest BCUT2D eigenvalue weighted by atomic mass is 10.2. The van der Waals surface area contributed by atoms with Crippen LogP contribution in [0.4, 0.5) is 11.4 Å². The molecule has 1 N–H and O–H groups in total. The first kappa shape index (κ1) is 19.2. The minimum Gasteiger partial charge on any atom is -0.323 e. The molecule has 138 valence electrons. The lowest BCUT2D eigenvalue weighted by Gasteiger charge is -2.10. The highest BCUT2D eigenvalue weighted by molar-refractivity contribution is 9.11. The van der Waals surface area contributed by atoms with Crippen molar-refractivity contribution in [3.8, 4) is 11.4 Å². The smallest absolute Gasteiger partial charge is 0.269 e. The fourth-order valence-electron chi connectivity index (χ4n) is 2.38. The van der Waals surface area contributed by atoms with Gasteiger partial charge in [0.1, 0.15) is 12.9 Å². The van der Waals surface area contributed by atoms with Gasteiger partial charge in [0.25, 0.3) is 5.69 Å². The van der Waals surface area contributed by atoms with E-state index in [9.17, 15) is 14.9 Å². The Labute approximate surface area is 171 Å². The van der Waals surface area contributed by atoms with Gasteiger partial charge in [-0.2, -0.15) is 5.10 Å². The van der Waals surface area contributed by atoms with Crippen molar-refractivity contribution in [1.82, 2.24) is 14.8 Å². The van der Waals surface area contributed by atoms with Crippen LogP contribution in [0.5, 0.6) is 0 Å². The van der Waals surface area contributed by atoms with Crippen LogP contribution in [0, 0.1) is 17.0 Å². The number of aryl methyl sites for hydroxylation is 1. The third kappa shape index (κ3) is 4.58. The molecule has 0 aliphatic rings. The highest BCUT2D eigenvalue weighted by Gasteiger charge is 2.13. The Kier molecular flexibility index (Phi) is 5.66. The lowest BCUT2D eigenvalue weighted by Crippen LogP contribution is -2.19. The molecule has 0 saturated heterocycles. The van der Waals surface area contributed by atoms with E-state index in [2.05, 4.69) is 47.3 Å². The summed E-state index contributed by atoms with van der Waals surface area (Å²) in [4.78, 5) is 26.7. The lowest BCUT2D eigenvalue weighted by molar-refractivity contribution is -0.384. The molecule has 0 fully saturated rings. The van der Waals surface area contributed by atoms with Gasteiger partial charge in [0, 0.05) is 26.6 Å². The second-order valence-electron chi connectivity index (χ2n) is 5.72. The zero-order chi connectivity index (χ0) is 19.6. The third-order valence-electron chi connectivity index (χ3n) is 3.63. The molecular weight excluding hydrogens is 482 g/mol. The molecule has 1 amide bonds. The first-order chi connectivity index (χ1) is 12.8. The standard InChI is InChI=1S/C17H13Br2N5O3/c1-10-6-13(18)16(14(19)7-10)21-15(25)8-23-9-20-17(22-23)11-2-4-12(5-3-11)24(26)27/h2-7,9H,8H2,1H3,(H,21,25). The van der Waals surface area contributed by atoms with Gasteiger partial charge in [-0.3, -0.25) is 14.9 Å². The molecule has 27 heavy (non-hydrogen) atoms. The number of carbonyl (C=O) groups is 1. The molecule has 0 saturated carbocycles. The van der Waals surface area contributed by atoms with Gasteiger partial charge in [-0.15, -0.1) is 0 Å². The van der Waals surface area contributed by atoms with E-state index < -0.39 is 4.92 Å². The largest absolute Gasteiger partial charge is 0.323 e. The number of amides is 1. The van der Waals surface area contributed by atoms with Crippen LogP contribution < -0.4 is 5.32 Å². The third-order valence-corrected chi connectivity index (χ3v) is 4.88. The number of rotatable bonds is 5. The Morgan fingerprint density at radius 2 is 1.85 bits per heavy atom. The van der Waals surface area contributed by atoms with Crippen molar-refractivity contribution in [2.45, 2.75) is 13.5 Å². The van der Waals surface area contributed by atoms with Crippen LogP contribution in [0.1, 0.15) is 5.56 Å². The molecule has 0 spiro atoms. The average molecular weight is 495 g/mol. The Morgan fingerprint density at radius 3 is 2.44 bits per heavy atom. The Balaban J connectivity index is 1.70. The molecule has 3 rings (SSSR count). The summed E-state index contributed by atoms with van der Waals surface area (Å²) in [7, 11) is 0. The van der Waals surface area contributed by atoms with Gasteiger partial charge in [0.15, 0.2) is 5.82 Å². The van der Waals surface area contributed by atoms with Crippen molar-refractivity contribution in [2.24, 2.45) is 0 Å². The van der Waals surface area contributed by atoms with Gasteiger partial charge in [0.05, 0.1) is 10.6 Å². The number of halogens is 2. The zero-order valence-electron chi connectivity index (χ0n) is 14.0. The molecular formula is C17H13Br2N5O3. The molecule has 2 aromatic carbocycles. The predicted octanol–water partition coefficient (Wildman–Crippen LogP) is 4.33. The normalized spacial score (nSPS) is 10.6. The quantitative estimate of drug-likeness (QED) is 0.420.